The summed E-state index contributed by atoms with van der Waals surface area (Å²) in [4.78, 5) is 14.2. The molecule has 2 aromatic carbocycles. The Bertz CT molecular complexity index is 896. The van der Waals surface area contributed by atoms with E-state index in [9.17, 15) is 13.2 Å². The highest BCUT2D eigenvalue weighted by atomic mass is 35.5. The van der Waals surface area contributed by atoms with Crippen LogP contribution in [0.5, 0.6) is 5.75 Å². The fraction of sp³-hybridized carbons (Fsp3) is 0.167. The number of carbonyl (C=O) groups excluding carboxylic acids is 1. The summed E-state index contributed by atoms with van der Waals surface area (Å²) < 4.78 is 29.0. The molecule has 5 nitrogen and oxygen atoms in total. The van der Waals surface area contributed by atoms with E-state index in [1.165, 1.54) is 11.0 Å². The molecule has 1 atom stereocenters. The van der Waals surface area contributed by atoms with Crippen LogP contribution >= 0.6 is 11.6 Å². The van der Waals surface area contributed by atoms with E-state index in [4.69, 9.17) is 16.3 Å². The maximum atomic E-state index is 12.8. The molecule has 1 aliphatic heterocycles. The van der Waals surface area contributed by atoms with Crippen molar-refractivity contribution in [3.8, 4) is 5.75 Å². The number of ether oxygens (including phenoxy) is 1. The van der Waals surface area contributed by atoms with Crippen LogP contribution in [-0.4, -0.2) is 32.7 Å². The summed E-state index contributed by atoms with van der Waals surface area (Å²) in [5.41, 5.74) is 0.613. The standard InChI is InChI=1S/C18H16ClNO4S/c19-16-8-4-5-9-17(16)24-12-18(21)20(14-6-2-1-3-7-14)15-10-11-25(22,23)13-15/h1-11,15H,12-13H2/t15-/m0/s1. The zero-order valence-corrected chi connectivity index (χ0v) is 14.8. The van der Waals surface area contributed by atoms with Gasteiger partial charge in [-0.25, -0.2) is 8.42 Å². The molecule has 1 amide bonds. The van der Waals surface area contributed by atoms with Crippen molar-refractivity contribution >= 4 is 33.0 Å². The molecule has 25 heavy (non-hydrogen) atoms. The summed E-state index contributed by atoms with van der Waals surface area (Å²) in [6, 6.07) is 15.2. The number of anilines is 1. The zero-order chi connectivity index (χ0) is 17.9. The third-order valence-electron chi connectivity index (χ3n) is 3.73. The Balaban J connectivity index is 1.81. The van der Waals surface area contributed by atoms with Crippen molar-refractivity contribution in [2.75, 3.05) is 17.3 Å². The van der Waals surface area contributed by atoms with Crippen LogP contribution in [0.1, 0.15) is 0 Å². The number of sulfone groups is 1. The highest BCUT2D eigenvalue weighted by molar-refractivity contribution is 7.94. The van der Waals surface area contributed by atoms with Crippen LogP contribution in [0.3, 0.4) is 0 Å². The van der Waals surface area contributed by atoms with Crippen molar-refractivity contribution in [1.82, 2.24) is 0 Å². The largest absolute Gasteiger partial charge is 0.482 e. The van der Waals surface area contributed by atoms with Gasteiger partial charge in [0.05, 0.1) is 16.8 Å². The van der Waals surface area contributed by atoms with Crippen LogP contribution in [0.25, 0.3) is 0 Å². The predicted octanol–water partition coefficient (Wildman–Crippen LogP) is 3.06. The molecule has 0 unspecified atom stereocenters. The molecule has 0 aliphatic carbocycles. The van der Waals surface area contributed by atoms with Crippen molar-refractivity contribution in [2.24, 2.45) is 0 Å². The summed E-state index contributed by atoms with van der Waals surface area (Å²) in [5, 5.41) is 1.56. The number of para-hydroxylation sites is 2. The van der Waals surface area contributed by atoms with E-state index in [0.717, 1.165) is 5.41 Å². The normalized spacial score (nSPS) is 18.0. The maximum absolute atomic E-state index is 12.8. The minimum atomic E-state index is -3.29. The number of nitrogens with zero attached hydrogens (tertiary/aromatic N) is 1. The Morgan fingerprint density at radius 1 is 1.12 bits per heavy atom. The van der Waals surface area contributed by atoms with Gasteiger partial charge in [-0.05, 0) is 30.3 Å². The summed E-state index contributed by atoms with van der Waals surface area (Å²) >= 11 is 6.03. The Hall–Kier alpha value is -2.31. The van der Waals surface area contributed by atoms with Crippen molar-refractivity contribution in [3.05, 3.63) is 71.1 Å². The van der Waals surface area contributed by atoms with Gasteiger partial charge in [0.15, 0.2) is 16.4 Å². The molecule has 0 fully saturated rings. The minimum Gasteiger partial charge on any atom is -0.482 e. The third kappa shape index (κ3) is 4.21. The lowest BCUT2D eigenvalue weighted by molar-refractivity contribution is -0.120. The fourth-order valence-corrected chi connectivity index (χ4v) is 4.06. The Morgan fingerprint density at radius 2 is 1.80 bits per heavy atom. The lowest BCUT2D eigenvalue weighted by Crippen LogP contribution is -2.43. The van der Waals surface area contributed by atoms with E-state index >= 15 is 0 Å². The number of hydrogen-bond acceptors (Lipinski definition) is 4. The molecule has 7 heteroatoms. The molecule has 0 radical (unpaired) electrons. The summed E-state index contributed by atoms with van der Waals surface area (Å²) in [6.45, 7) is -0.247. The first-order chi connectivity index (χ1) is 12.0. The Morgan fingerprint density at radius 3 is 2.44 bits per heavy atom. The molecule has 0 saturated heterocycles. The monoisotopic (exact) mass is 377 g/mol. The molecule has 0 N–H and O–H groups in total. The SMILES string of the molecule is O=C(COc1ccccc1Cl)N(c1ccccc1)[C@H]1C=CS(=O)(=O)C1. The van der Waals surface area contributed by atoms with Gasteiger partial charge in [0.25, 0.3) is 5.91 Å². The van der Waals surface area contributed by atoms with E-state index < -0.39 is 15.9 Å². The van der Waals surface area contributed by atoms with Crippen LogP contribution < -0.4 is 9.64 Å². The second-order valence-electron chi connectivity index (χ2n) is 5.54. The number of hydrogen-bond donors (Lipinski definition) is 0. The van der Waals surface area contributed by atoms with Gasteiger partial charge in [0.1, 0.15) is 5.75 Å². The van der Waals surface area contributed by atoms with Gasteiger partial charge in [-0.3, -0.25) is 4.79 Å². The topological polar surface area (TPSA) is 63.7 Å². The lowest BCUT2D eigenvalue weighted by atomic mass is 10.2. The number of halogens is 1. The van der Waals surface area contributed by atoms with E-state index in [0.29, 0.717) is 16.5 Å². The second kappa shape index (κ2) is 7.29. The molecule has 3 rings (SSSR count). The molecule has 0 saturated carbocycles. The van der Waals surface area contributed by atoms with Crippen molar-refractivity contribution < 1.29 is 17.9 Å². The second-order valence-corrected chi connectivity index (χ2v) is 7.88. The van der Waals surface area contributed by atoms with Crippen LogP contribution in [0.2, 0.25) is 5.02 Å². The molecular weight excluding hydrogens is 362 g/mol. The quantitative estimate of drug-likeness (QED) is 0.803. The summed E-state index contributed by atoms with van der Waals surface area (Å²) in [6.07, 6.45) is 1.52. The molecule has 2 aromatic rings. The summed E-state index contributed by atoms with van der Waals surface area (Å²) in [5.74, 6) is -0.0855. The first-order valence-electron chi connectivity index (χ1n) is 7.62. The third-order valence-corrected chi connectivity index (χ3v) is 5.42. The van der Waals surface area contributed by atoms with E-state index in [2.05, 4.69) is 0 Å². The van der Waals surface area contributed by atoms with Gasteiger partial charge >= 0.3 is 0 Å². The highest BCUT2D eigenvalue weighted by Gasteiger charge is 2.31. The van der Waals surface area contributed by atoms with Gasteiger partial charge in [-0.1, -0.05) is 41.9 Å². The Labute approximate surface area is 151 Å². The number of amides is 1. The lowest BCUT2D eigenvalue weighted by Gasteiger charge is -2.27. The van der Waals surface area contributed by atoms with Crippen LogP contribution in [-0.2, 0) is 14.6 Å². The zero-order valence-electron chi connectivity index (χ0n) is 13.2. The van der Waals surface area contributed by atoms with Gasteiger partial charge in [0.2, 0.25) is 0 Å². The smallest absolute Gasteiger partial charge is 0.265 e. The molecule has 1 aliphatic rings. The van der Waals surface area contributed by atoms with E-state index in [1.54, 1.807) is 48.5 Å². The van der Waals surface area contributed by atoms with Crippen LogP contribution in [0.4, 0.5) is 5.69 Å². The van der Waals surface area contributed by atoms with Crippen molar-refractivity contribution in [3.63, 3.8) is 0 Å². The first kappa shape index (κ1) is 17.5. The average Bonchev–Trinajstić information content (AvgIpc) is 2.95. The molecule has 0 bridgehead atoms. The first-order valence-corrected chi connectivity index (χ1v) is 9.71. The highest BCUT2D eigenvalue weighted by Crippen LogP contribution is 2.25. The Kier molecular flexibility index (Phi) is 5.11. The van der Waals surface area contributed by atoms with Gasteiger partial charge in [0, 0.05) is 11.1 Å². The van der Waals surface area contributed by atoms with Crippen molar-refractivity contribution in [2.45, 2.75) is 6.04 Å². The minimum absolute atomic E-state index is 0.139. The fourth-order valence-electron chi connectivity index (χ4n) is 2.60. The van der Waals surface area contributed by atoms with Crippen LogP contribution in [0.15, 0.2) is 66.1 Å². The van der Waals surface area contributed by atoms with Gasteiger partial charge in [-0.15, -0.1) is 0 Å². The average molecular weight is 378 g/mol. The van der Waals surface area contributed by atoms with E-state index in [-0.39, 0.29) is 18.3 Å². The molecule has 0 spiro atoms. The van der Waals surface area contributed by atoms with Crippen LogP contribution in [0, 0.1) is 0 Å². The predicted molar refractivity (Wildman–Crippen MR) is 97.6 cm³/mol. The molecule has 0 aromatic heterocycles. The van der Waals surface area contributed by atoms with Gasteiger partial charge < -0.3 is 9.64 Å². The number of carbonyl (C=O) groups is 1. The molecular formula is C18H16ClNO4S. The molecule has 1 heterocycles. The number of rotatable bonds is 5. The maximum Gasteiger partial charge on any atom is 0.265 e. The van der Waals surface area contributed by atoms with Crippen molar-refractivity contribution in [1.29, 1.82) is 0 Å². The summed E-state index contributed by atoms with van der Waals surface area (Å²) in [7, 11) is -3.29. The van der Waals surface area contributed by atoms with Gasteiger partial charge in [-0.2, -0.15) is 0 Å². The number of benzene rings is 2. The molecule has 130 valence electrons. The van der Waals surface area contributed by atoms with E-state index in [1.807, 2.05) is 6.07 Å².